The molecule has 238 valence electrons. The Morgan fingerprint density at radius 1 is 1.00 bits per heavy atom. The average Bonchev–Trinajstić information content (AvgIpc) is 3.72. The summed E-state index contributed by atoms with van der Waals surface area (Å²) in [6.07, 6.45) is -9.74. The molecule has 2 heterocycles. The van der Waals surface area contributed by atoms with Crippen LogP contribution in [-0.2, 0) is 17.5 Å². The van der Waals surface area contributed by atoms with Crippen LogP contribution in [-0.4, -0.2) is 46.2 Å². The number of fused-ring (bicyclic) bond motifs is 1. The number of ether oxygens (including phenoxy) is 1. The van der Waals surface area contributed by atoms with Crippen molar-refractivity contribution in [3.8, 4) is 5.88 Å². The van der Waals surface area contributed by atoms with E-state index in [0.717, 1.165) is 24.3 Å². The third-order valence-electron chi connectivity index (χ3n) is 6.93. The van der Waals surface area contributed by atoms with Gasteiger partial charge < -0.3 is 25.7 Å². The van der Waals surface area contributed by atoms with Gasteiger partial charge in [0.2, 0.25) is 17.7 Å². The third kappa shape index (κ3) is 6.90. The van der Waals surface area contributed by atoms with Crippen molar-refractivity contribution in [1.82, 2.24) is 20.3 Å². The van der Waals surface area contributed by atoms with Crippen molar-refractivity contribution in [2.75, 3.05) is 23.9 Å². The van der Waals surface area contributed by atoms with Crippen LogP contribution in [0.25, 0.3) is 11.2 Å². The van der Waals surface area contributed by atoms with Gasteiger partial charge in [-0.2, -0.15) is 36.3 Å². The molecule has 1 fully saturated rings. The number of nitrogens with zero attached hydrogens (tertiary/aromatic N) is 2. The van der Waals surface area contributed by atoms with Gasteiger partial charge in [0.1, 0.15) is 24.3 Å². The summed E-state index contributed by atoms with van der Waals surface area (Å²) in [7, 11) is 0. The Bertz CT molecular complexity index is 1740. The van der Waals surface area contributed by atoms with Crippen molar-refractivity contribution < 1.29 is 45.1 Å². The Morgan fingerprint density at radius 2 is 1.71 bits per heavy atom. The van der Waals surface area contributed by atoms with E-state index in [1.54, 1.807) is 0 Å². The topological polar surface area (TPSA) is 121 Å². The number of rotatable bonds is 10. The number of carbonyl (C=O) groups excluding carboxylic acids is 2. The molecule has 1 aliphatic rings. The van der Waals surface area contributed by atoms with Crippen LogP contribution in [0.3, 0.4) is 0 Å². The summed E-state index contributed by atoms with van der Waals surface area (Å²) in [5.74, 6) is -2.12. The van der Waals surface area contributed by atoms with Gasteiger partial charge in [0.15, 0.2) is 5.65 Å². The maximum Gasteiger partial charge on any atom is 0.416 e. The number of nitrogens with one attached hydrogen (secondary N) is 4. The number of H-pyrrole nitrogens is 1. The zero-order valence-corrected chi connectivity index (χ0v) is 23.6. The second-order valence-electron chi connectivity index (χ2n) is 10.1. The summed E-state index contributed by atoms with van der Waals surface area (Å²) in [5.41, 5.74) is -2.43. The molecule has 5 rings (SSSR count). The largest absolute Gasteiger partial charge is 0.474 e. The van der Waals surface area contributed by atoms with Crippen LogP contribution in [0, 0.1) is 5.41 Å². The predicted octanol–water partition coefficient (Wildman–Crippen LogP) is 6.93. The molecule has 17 heteroatoms. The number of amides is 2. The number of pyridine rings is 1. The molecule has 1 aliphatic carbocycles. The number of benzene rings is 2. The molecule has 45 heavy (non-hydrogen) atoms. The lowest BCUT2D eigenvalue weighted by Crippen LogP contribution is -2.40. The molecule has 0 atom stereocenters. The van der Waals surface area contributed by atoms with Crippen LogP contribution >= 0.6 is 11.6 Å². The summed E-state index contributed by atoms with van der Waals surface area (Å²) in [5, 5.41) is 7.86. The van der Waals surface area contributed by atoms with E-state index in [4.69, 9.17) is 16.3 Å². The van der Waals surface area contributed by atoms with E-state index in [1.807, 2.05) is 0 Å². The fraction of sp³-hybridized carbons (Fsp3) is 0.286. The first-order valence-corrected chi connectivity index (χ1v) is 13.6. The first-order chi connectivity index (χ1) is 21.2. The predicted molar refractivity (Wildman–Crippen MR) is 149 cm³/mol. The monoisotopic (exact) mass is 658 g/mol. The third-order valence-corrected chi connectivity index (χ3v) is 7.26. The Balaban J connectivity index is 1.34. The Morgan fingerprint density at radius 3 is 2.33 bits per heavy atom. The first-order valence-electron chi connectivity index (χ1n) is 13.2. The van der Waals surface area contributed by atoms with Crippen LogP contribution in [0.15, 0.2) is 48.5 Å². The van der Waals surface area contributed by atoms with Gasteiger partial charge in [-0.15, -0.1) is 0 Å². The molecule has 2 aromatic heterocycles. The molecule has 0 aliphatic heterocycles. The SMILES string of the molecule is O=C(Nc1ccc(C(F)(F)F)cc1)c1cc2[nH]c(Nc3cc(CNC(=O)C4(C(F)(F)F)CC4)ccc3Cl)nc2nc1OCCF. The number of aromatic amines is 1. The maximum atomic E-state index is 13.2. The highest BCUT2D eigenvalue weighted by Gasteiger charge is 2.68. The number of carbonyl (C=O) groups is 2. The highest BCUT2D eigenvalue weighted by atomic mass is 35.5. The summed E-state index contributed by atoms with van der Waals surface area (Å²) in [4.78, 5) is 36.6. The quantitative estimate of drug-likeness (QED) is 0.137. The van der Waals surface area contributed by atoms with E-state index in [2.05, 4.69) is 30.9 Å². The standard InChI is InChI=1S/C28H22ClF7N6O3/c29-18-6-1-14(13-37-24(44)26(7-8-26)28(34,35)36)11-19(18)39-25-40-20-12-17(23(45-10-9-30)41-21(20)42-25)22(43)38-16-4-2-15(3-5-16)27(31,32)33/h1-6,11-12H,7-10,13H2,(H,37,44)(H,38,43)(H2,39,40,41,42). The van der Waals surface area contributed by atoms with E-state index < -0.39 is 48.4 Å². The molecule has 4 N–H and O–H groups in total. The summed E-state index contributed by atoms with van der Waals surface area (Å²) >= 11 is 6.28. The lowest BCUT2D eigenvalue weighted by atomic mass is 10.1. The molecule has 0 unspecified atom stereocenters. The van der Waals surface area contributed by atoms with Crippen molar-refractivity contribution in [2.45, 2.75) is 31.7 Å². The minimum atomic E-state index is -4.64. The van der Waals surface area contributed by atoms with Crippen LogP contribution in [0.5, 0.6) is 5.88 Å². The van der Waals surface area contributed by atoms with Gasteiger partial charge in [-0.3, -0.25) is 9.59 Å². The molecule has 0 spiro atoms. The molecule has 2 aromatic carbocycles. The van der Waals surface area contributed by atoms with E-state index in [1.165, 1.54) is 24.3 Å². The highest BCUT2D eigenvalue weighted by Crippen LogP contribution is 2.57. The highest BCUT2D eigenvalue weighted by molar-refractivity contribution is 6.33. The zero-order chi connectivity index (χ0) is 32.6. The molecule has 1 saturated carbocycles. The number of imidazole rings is 1. The summed E-state index contributed by atoms with van der Waals surface area (Å²) in [6.45, 7) is -1.55. The van der Waals surface area contributed by atoms with Crippen molar-refractivity contribution >= 4 is 51.9 Å². The lowest BCUT2D eigenvalue weighted by Gasteiger charge is -2.18. The van der Waals surface area contributed by atoms with Gasteiger partial charge >= 0.3 is 12.4 Å². The van der Waals surface area contributed by atoms with E-state index >= 15 is 0 Å². The Kier molecular flexibility index (Phi) is 8.53. The second kappa shape index (κ2) is 12.1. The van der Waals surface area contributed by atoms with Gasteiger partial charge in [-0.25, -0.2) is 4.39 Å². The molecule has 0 saturated heterocycles. The van der Waals surface area contributed by atoms with Crippen molar-refractivity contribution in [1.29, 1.82) is 0 Å². The number of alkyl halides is 7. The van der Waals surface area contributed by atoms with Crippen molar-refractivity contribution in [3.63, 3.8) is 0 Å². The number of aromatic nitrogens is 3. The van der Waals surface area contributed by atoms with Crippen LogP contribution in [0.1, 0.15) is 34.3 Å². The average molecular weight is 659 g/mol. The minimum Gasteiger partial charge on any atom is -0.474 e. The molecule has 2 amide bonds. The fourth-order valence-corrected chi connectivity index (χ4v) is 4.52. The van der Waals surface area contributed by atoms with E-state index in [-0.39, 0.29) is 64.3 Å². The van der Waals surface area contributed by atoms with Crippen LogP contribution in [0.4, 0.5) is 48.1 Å². The minimum absolute atomic E-state index is 0.0406. The van der Waals surface area contributed by atoms with E-state index in [0.29, 0.717) is 5.56 Å². The number of halogens is 8. The Labute approximate surface area is 254 Å². The molecular formula is C28H22ClF7N6O3. The van der Waals surface area contributed by atoms with Crippen LogP contribution in [0.2, 0.25) is 5.02 Å². The number of anilines is 3. The molecule has 0 radical (unpaired) electrons. The molecular weight excluding hydrogens is 637 g/mol. The van der Waals surface area contributed by atoms with Gasteiger partial charge in [-0.1, -0.05) is 17.7 Å². The lowest BCUT2D eigenvalue weighted by molar-refractivity contribution is -0.192. The van der Waals surface area contributed by atoms with Gasteiger partial charge in [-0.05, 0) is 60.9 Å². The molecule has 0 bridgehead atoms. The summed E-state index contributed by atoms with van der Waals surface area (Å²) in [6, 6.07) is 9.51. The molecule has 9 nitrogen and oxygen atoms in total. The normalized spacial score (nSPS) is 14.2. The second-order valence-corrected chi connectivity index (χ2v) is 10.5. The van der Waals surface area contributed by atoms with Crippen molar-refractivity contribution in [2.24, 2.45) is 5.41 Å². The van der Waals surface area contributed by atoms with Crippen molar-refractivity contribution in [3.05, 3.63) is 70.2 Å². The first kappa shape index (κ1) is 31.8. The zero-order valence-electron chi connectivity index (χ0n) is 22.8. The smallest absolute Gasteiger partial charge is 0.416 e. The van der Waals surface area contributed by atoms with Gasteiger partial charge in [0, 0.05) is 12.2 Å². The van der Waals surface area contributed by atoms with Crippen LogP contribution < -0.4 is 20.7 Å². The van der Waals surface area contributed by atoms with Gasteiger partial charge in [0.25, 0.3) is 5.91 Å². The molecule has 4 aromatic rings. The number of hydrogen-bond acceptors (Lipinski definition) is 6. The number of hydrogen-bond donors (Lipinski definition) is 4. The van der Waals surface area contributed by atoms with Gasteiger partial charge in [0.05, 0.1) is 21.8 Å². The summed E-state index contributed by atoms with van der Waals surface area (Å²) < 4.78 is 96.5. The Hall–Kier alpha value is -4.60. The van der Waals surface area contributed by atoms with E-state index in [9.17, 15) is 40.3 Å². The maximum absolute atomic E-state index is 13.2. The fourth-order valence-electron chi connectivity index (χ4n) is 4.36.